The maximum Gasteiger partial charge on any atom is 0.325 e. The summed E-state index contributed by atoms with van der Waals surface area (Å²) in [7, 11) is 1.25. The van der Waals surface area contributed by atoms with Crippen LogP contribution in [0.25, 0.3) is 0 Å². The van der Waals surface area contributed by atoms with Crippen molar-refractivity contribution in [2.45, 2.75) is 19.4 Å². The van der Waals surface area contributed by atoms with Crippen molar-refractivity contribution >= 4 is 11.9 Å². The number of benzene rings is 1. The van der Waals surface area contributed by atoms with Crippen molar-refractivity contribution in [1.29, 1.82) is 0 Å². The molecule has 6 heteroatoms. The molecule has 0 fully saturated rings. The zero-order valence-corrected chi connectivity index (χ0v) is 12.7. The van der Waals surface area contributed by atoms with Crippen molar-refractivity contribution in [1.82, 2.24) is 5.32 Å². The summed E-state index contributed by atoms with van der Waals surface area (Å²) in [6.45, 7) is 1.90. The molecule has 6 nitrogen and oxygen atoms in total. The molecule has 0 saturated heterocycles. The van der Waals surface area contributed by atoms with Crippen molar-refractivity contribution in [3.8, 4) is 17.6 Å². The van der Waals surface area contributed by atoms with E-state index in [9.17, 15) is 9.59 Å². The van der Waals surface area contributed by atoms with Crippen LogP contribution in [0.5, 0.6) is 5.75 Å². The number of amides is 1. The molecule has 3 N–H and O–H groups in total. The van der Waals surface area contributed by atoms with E-state index in [1.165, 1.54) is 7.11 Å². The molecule has 1 amide bonds. The lowest BCUT2D eigenvalue weighted by Crippen LogP contribution is -2.44. The molecule has 1 rings (SSSR count). The standard InChI is InChI=1S/C16H20N2O4/c1-3-4-9-22-13-7-5-12(6-8-13)10-14(17)16(20)18-11-15(19)21-2/h5-8,14H,9-11,17H2,1-2H3,(H,18,20). The number of carbonyl (C=O) groups excluding carboxylic acids is 2. The normalized spacial score (nSPS) is 10.9. The van der Waals surface area contributed by atoms with E-state index in [1.807, 2.05) is 12.1 Å². The third-order valence-corrected chi connectivity index (χ3v) is 2.84. The van der Waals surface area contributed by atoms with Gasteiger partial charge in [-0.25, -0.2) is 0 Å². The van der Waals surface area contributed by atoms with Gasteiger partial charge >= 0.3 is 5.97 Å². The van der Waals surface area contributed by atoms with Gasteiger partial charge in [0, 0.05) is 0 Å². The maximum absolute atomic E-state index is 11.7. The summed E-state index contributed by atoms with van der Waals surface area (Å²) in [4.78, 5) is 22.7. The number of methoxy groups -OCH3 is 1. The van der Waals surface area contributed by atoms with Gasteiger partial charge in [-0.2, -0.15) is 0 Å². The van der Waals surface area contributed by atoms with E-state index in [4.69, 9.17) is 10.5 Å². The molecule has 0 bridgehead atoms. The predicted molar refractivity (Wildman–Crippen MR) is 82.1 cm³/mol. The van der Waals surface area contributed by atoms with E-state index in [-0.39, 0.29) is 6.54 Å². The molecule has 0 aliphatic carbocycles. The highest BCUT2D eigenvalue weighted by molar-refractivity contribution is 5.85. The Morgan fingerprint density at radius 1 is 1.32 bits per heavy atom. The Kier molecular flexibility index (Phi) is 7.51. The van der Waals surface area contributed by atoms with Crippen molar-refractivity contribution in [3.05, 3.63) is 29.8 Å². The monoisotopic (exact) mass is 304 g/mol. The van der Waals surface area contributed by atoms with E-state index < -0.39 is 17.9 Å². The third kappa shape index (κ3) is 6.29. The molecule has 0 aliphatic rings. The second-order valence-corrected chi connectivity index (χ2v) is 4.46. The van der Waals surface area contributed by atoms with E-state index >= 15 is 0 Å². The van der Waals surface area contributed by atoms with Crippen LogP contribution >= 0.6 is 0 Å². The van der Waals surface area contributed by atoms with Gasteiger partial charge in [-0.15, -0.1) is 5.92 Å². The topological polar surface area (TPSA) is 90.6 Å². The Balaban J connectivity index is 2.46. The molecule has 0 heterocycles. The second kappa shape index (κ2) is 9.42. The summed E-state index contributed by atoms with van der Waals surface area (Å²) < 4.78 is 9.83. The van der Waals surface area contributed by atoms with Crippen LogP contribution in [-0.2, 0) is 20.7 Å². The molecular formula is C16H20N2O4. The summed E-state index contributed by atoms with van der Waals surface area (Å²) in [6, 6.07) is 6.53. The Bertz CT molecular complexity index is 558. The number of carbonyl (C=O) groups is 2. The zero-order chi connectivity index (χ0) is 16.4. The SMILES string of the molecule is CC#CCOc1ccc(CC(N)C(=O)NCC(=O)OC)cc1. The first kappa shape index (κ1) is 17.5. The molecule has 0 spiro atoms. The maximum atomic E-state index is 11.7. The fraction of sp³-hybridized carbons (Fsp3) is 0.375. The van der Waals surface area contributed by atoms with Crippen LogP contribution in [0, 0.1) is 11.8 Å². The highest BCUT2D eigenvalue weighted by atomic mass is 16.5. The van der Waals surface area contributed by atoms with Crippen molar-refractivity contribution < 1.29 is 19.1 Å². The van der Waals surface area contributed by atoms with Crippen molar-refractivity contribution in [3.63, 3.8) is 0 Å². The van der Waals surface area contributed by atoms with Crippen LogP contribution in [0.2, 0.25) is 0 Å². The van der Waals surface area contributed by atoms with Crippen LogP contribution in [0.15, 0.2) is 24.3 Å². The van der Waals surface area contributed by atoms with E-state index in [0.29, 0.717) is 18.8 Å². The minimum Gasteiger partial charge on any atom is -0.481 e. The number of ether oxygens (including phenoxy) is 2. The van der Waals surface area contributed by atoms with E-state index in [2.05, 4.69) is 21.9 Å². The fourth-order valence-electron chi connectivity index (χ4n) is 1.62. The summed E-state index contributed by atoms with van der Waals surface area (Å²) in [5, 5.41) is 2.42. The van der Waals surface area contributed by atoms with Crippen LogP contribution in [0.1, 0.15) is 12.5 Å². The molecule has 1 unspecified atom stereocenters. The third-order valence-electron chi connectivity index (χ3n) is 2.84. The number of hydrogen-bond donors (Lipinski definition) is 2. The van der Waals surface area contributed by atoms with Crippen LogP contribution in [0.4, 0.5) is 0 Å². The number of nitrogens with two attached hydrogens (primary N) is 1. The largest absolute Gasteiger partial charge is 0.481 e. The molecule has 1 atom stereocenters. The van der Waals surface area contributed by atoms with Gasteiger partial charge in [0.15, 0.2) is 0 Å². The first-order valence-corrected chi connectivity index (χ1v) is 6.78. The van der Waals surface area contributed by atoms with Crippen molar-refractivity contribution in [2.75, 3.05) is 20.3 Å². The molecule has 1 aromatic carbocycles. The van der Waals surface area contributed by atoms with Gasteiger partial charge in [0.25, 0.3) is 0 Å². The Morgan fingerprint density at radius 2 is 2.00 bits per heavy atom. The van der Waals surface area contributed by atoms with Crippen LogP contribution in [-0.4, -0.2) is 38.2 Å². The number of hydrogen-bond acceptors (Lipinski definition) is 5. The number of esters is 1. The van der Waals surface area contributed by atoms with Crippen LogP contribution in [0.3, 0.4) is 0 Å². The van der Waals surface area contributed by atoms with Gasteiger partial charge in [0.2, 0.25) is 5.91 Å². The first-order valence-electron chi connectivity index (χ1n) is 6.78. The van der Waals surface area contributed by atoms with Gasteiger partial charge in [-0.1, -0.05) is 18.1 Å². The average molecular weight is 304 g/mol. The van der Waals surface area contributed by atoms with Gasteiger partial charge in [0.05, 0.1) is 13.2 Å². The van der Waals surface area contributed by atoms with Gasteiger partial charge in [-0.3, -0.25) is 9.59 Å². The quantitative estimate of drug-likeness (QED) is 0.556. The lowest BCUT2D eigenvalue weighted by molar-refractivity contribution is -0.141. The molecule has 118 valence electrons. The fourth-order valence-corrected chi connectivity index (χ4v) is 1.62. The summed E-state index contributed by atoms with van der Waals surface area (Å²) in [6.07, 6.45) is 0.363. The highest BCUT2D eigenvalue weighted by Crippen LogP contribution is 2.13. The highest BCUT2D eigenvalue weighted by Gasteiger charge is 2.15. The summed E-state index contributed by atoms with van der Waals surface area (Å²) >= 11 is 0. The summed E-state index contributed by atoms with van der Waals surface area (Å²) in [5.41, 5.74) is 6.70. The predicted octanol–water partition coefficient (Wildman–Crippen LogP) is 0.248. The molecule has 0 saturated carbocycles. The second-order valence-electron chi connectivity index (χ2n) is 4.46. The number of nitrogens with one attached hydrogen (secondary N) is 1. The molecule has 1 aromatic rings. The zero-order valence-electron chi connectivity index (χ0n) is 12.7. The van der Waals surface area contributed by atoms with Gasteiger partial charge < -0.3 is 20.5 Å². The lowest BCUT2D eigenvalue weighted by atomic mass is 10.1. The molecule has 0 radical (unpaired) electrons. The molecular weight excluding hydrogens is 284 g/mol. The lowest BCUT2D eigenvalue weighted by Gasteiger charge is -2.12. The summed E-state index contributed by atoms with van der Waals surface area (Å²) in [5.74, 6) is 5.33. The molecule has 22 heavy (non-hydrogen) atoms. The van der Waals surface area contributed by atoms with Gasteiger partial charge in [-0.05, 0) is 31.0 Å². The van der Waals surface area contributed by atoms with Crippen LogP contribution < -0.4 is 15.8 Å². The van der Waals surface area contributed by atoms with E-state index in [1.54, 1.807) is 19.1 Å². The smallest absolute Gasteiger partial charge is 0.325 e. The Morgan fingerprint density at radius 3 is 2.59 bits per heavy atom. The molecule has 0 aliphatic heterocycles. The van der Waals surface area contributed by atoms with Crippen molar-refractivity contribution in [2.24, 2.45) is 5.73 Å². The average Bonchev–Trinajstić information content (AvgIpc) is 2.54. The molecule has 0 aromatic heterocycles. The van der Waals surface area contributed by atoms with Gasteiger partial charge in [0.1, 0.15) is 18.9 Å². The number of rotatable bonds is 7. The minimum absolute atomic E-state index is 0.186. The first-order chi connectivity index (χ1) is 10.6. The van der Waals surface area contributed by atoms with E-state index in [0.717, 1.165) is 5.56 Å². The Labute approximate surface area is 130 Å². The minimum atomic E-state index is -0.734. The Hall–Kier alpha value is -2.52.